The minimum atomic E-state index is -5.04. The summed E-state index contributed by atoms with van der Waals surface area (Å²) in [5.41, 5.74) is -5.75. The van der Waals surface area contributed by atoms with Crippen LogP contribution in [0.2, 0.25) is 5.02 Å². The first-order chi connectivity index (χ1) is 23.3. The Morgan fingerprint density at radius 3 is 2.36 bits per heavy atom. The van der Waals surface area contributed by atoms with Crippen molar-refractivity contribution in [3.8, 4) is 11.4 Å². The maximum absolute atomic E-state index is 15.2. The third-order valence-electron chi connectivity index (χ3n) is 6.84. The molecule has 1 amide bonds. The average Bonchev–Trinajstić information content (AvgIpc) is 3.28. The van der Waals surface area contributed by atoms with Gasteiger partial charge in [-0.2, -0.15) is 13.2 Å². The summed E-state index contributed by atoms with van der Waals surface area (Å²) in [5.74, 6) is -2.89. The van der Waals surface area contributed by atoms with Gasteiger partial charge in [0.15, 0.2) is 11.8 Å². The van der Waals surface area contributed by atoms with Gasteiger partial charge in [0.1, 0.15) is 29.4 Å². The molecule has 18 heteroatoms. The van der Waals surface area contributed by atoms with Crippen molar-refractivity contribution in [1.29, 1.82) is 0 Å². The number of halogens is 5. The first-order valence-electron chi connectivity index (χ1n) is 14.8. The van der Waals surface area contributed by atoms with Crippen molar-refractivity contribution in [2.75, 3.05) is 19.8 Å². The molecule has 1 saturated heterocycles. The second-order valence-corrected chi connectivity index (χ2v) is 13.3. The van der Waals surface area contributed by atoms with Crippen LogP contribution in [0.15, 0.2) is 57.0 Å². The Morgan fingerprint density at radius 1 is 1.04 bits per heavy atom. The predicted molar refractivity (Wildman–Crippen MR) is 176 cm³/mol. The van der Waals surface area contributed by atoms with E-state index in [2.05, 4.69) is 4.99 Å². The van der Waals surface area contributed by atoms with Crippen LogP contribution in [0.1, 0.15) is 39.0 Å². The summed E-state index contributed by atoms with van der Waals surface area (Å²) >= 11 is 7.17. The van der Waals surface area contributed by atoms with E-state index in [-0.39, 0.29) is 44.1 Å². The molecule has 12 nitrogen and oxygen atoms in total. The molecule has 0 aliphatic carbocycles. The zero-order valence-corrected chi connectivity index (χ0v) is 28.9. The van der Waals surface area contributed by atoms with E-state index in [4.69, 9.17) is 25.8 Å². The van der Waals surface area contributed by atoms with Crippen molar-refractivity contribution in [2.45, 2.75) is 51.1 Å². The number of hydrogen-bond donors (Lipinski definition) is 0. The highest BCUT2D eigenvalue weighted by Crippen LogP contribution is 2.37. The molecule has 0 spiro atoms. The van der Waals surface area contributed by atoms with Crippen LogP contribution in [0.3, 0.4) is 0 Å². The van der Waals surface area contributed by atoms with E-state index in [1.807, 2.05) is 0 Å². The number of amidine groups is 1. The molecule has 0 radical (unpaired) electrons. The van der Waals surface area contributed by atoms with Crippen LogP contribution in [0.4, 0.5) is 23.2 Å². The third-order valence-corrected chi connectivity index (χ3v) is 8.32. The number of alkyl halides is 3. The molecular formula is C32H31ClF4N4O8S. The number of carbonyl (C=O) groups excluding carboxylic acids is 3. The largest absolute Gasteiger partial charge is 0.482 e. The van der Waals surface area contributed by atoms with Gasteiger partial charge in [0, 0.05) is 13.1 Å². The molecule has 2 aromatic carbocycles. The normalized spacial score (nSPS) is 15.8. The minimum Gasteiger partial charge on any atom is -0.482 e. The van der Waals surface area contributed by atoms with Gasteiger partial charge in [-0.3, -0.25) is 23.9 Å². The number of aromatic nitrogens is 2. The fraction of sp³-hybridized carbons (Fsp3) is 0.375. The molecule has 1 aromatic heterocycles. The summed E-state index contributed by atoms with van der Waals surface area (Å²) in [4.78, 5) is 69.3. The average molecular weight is 743 g/mol. The first-order valence-corrected chi connectivity index (χ1v) is 16.1. The zero-order valence-electron chi connectivity index (χ0n) is 27.3. The number of para-hydroxylation sites is 1. The predicted octanol–water partition coefficient (Wildman–Crippen LogP) is 4.81. The molecule has 1 aliphatic rings. The van der Waals surface area contributed by atoms with Crippen molar-refractivity contribution in [3.63, 3.8) is 0 Å². The second kappa shape index (κ2) is 15.1. The number of nitrogens with zero attached hydrogens (tertiary/aromatic N) is 4. The van der Waals surface area contributed by atoms with E-state index < -0.39 is 76.5 Å². The van der Waals surface area contributed by atoms with Gasteiger partial charge in [-0.05, 0) is 57.9 Å². The van der Waals surface area contributed by atoms with Gasteiger partial charge in [-0.15, -0.1) is 0 Å². The van der Waals surface area contributed by atoms with Crippen molar-refractivity contribution in [3.05, 3.63) is 85.4 Å². The molecule has 268 valence electrons. The van der Waals surface area contributed by atoms with E-state index in [1.54, 1.807) is 52.0 Å². The molecule has 3 aromatic rings. The maximum atomic E-state index is 15.2. The number of ether oxygens (including phenoxy) is 3. The monoisotopic (exact) mass is 742 g/mol. The highest BCUT2D eigenvalue weighted by atomic mass is 35.5. The number of aliphatic imine (C=N–C) groups is 1. The highest BCUT2D eigenvalue weighted by Gasteiger charge is 2.40. The number of esters is 2. The van der Waals surface area contributed by atoms with Gasteiger partial charge >= 0.3 is 23.8 Å². The smallest absolute Gasteiger partial charge is 0.431 e. The van der Waals surface area contributed by atoms with Crippen LogP contribution in [-0.2, 0) is 43.5 Å². The van der Waals surface area contributed by atoms with Crippen molar-refractivity contribution >= 4 is 52.1 Å². The van der Waals surface area contributed by atoms with Crippen LogP contribution in [0.5, 0.6) is 5.75 Å². The van der Waals surface area contributed by atoms with E-state index >= 15 is 4.39 Å². The number of hydrogen-bond acceptors (Lipinski definition) is 10. The molecule has 4 rings (SSSR count). The highest BCUT2D eigenvalue weighted by molar-refractivity contribution is 8.15. The number of benzene rings is 2. The molecule has 50 heavy (non-hydrogen) atoms. The Hall–Kier alpha value is -4.64. The second-order valence-electron chi connectivity index (χ2n) is 11.7. The summed E-state index contributed by atoms with van der Waals surface area (Å²) in [6, 6.07) is 8.34. The number of thioether (sulfide) groups is 1. The van der Waals surface area contributed by atoms with Gasteiger partial charge in [0.2, 0.25) is 5.91 Å². The molecule has 0 saturated carbocycles. The lowest BCUT2D eigenvalue weighted by Crippen LogP contribution is -2.41. The third kappa shape index (κ3) is 8.93. The topological polar surface area (TPSA) is 138 Å². The minimum absolute atomic E-state index is 0.0102. The molecule has 0 bridgehead atoms. The van der Waals surface area contributed by atoms with Crippen LogP contribution in [0, 0.1) is 5.82 Å². The quantitative estimate of drug-likeness (QED) is 0.212. The Balaban J connectivity index is 1.72. The van der Waals surface area contributed by atoms with Crippen LogP contribution < -0.4 is 16.0 Å². The van der Waals surface area contributed by atoms with Crippen LogP contribution in [-0.4, -0.2) is 67.7 Å². The summed E-state index contributed by atoms with van der Waals surface area (Å²) in [5, 5.41) is -1.34. The van der Waals surface area contributed by atoms with Gasteiger partial charge in [0.05, 0.1) is 28.3 Å². The maximum Gasteiger partial charge on any atom is 0.431 e. The molecular weight excluding hydrogens is 712 g/mol. The Morgan fingerprint density at radius 2 is 1.72 bits per heavy atom. The van der Waals surface area contributed by atoms with Crippen molar-refractivity contribution < 1.29 is 46.2 Å². The summed E-state index contributed by atoms with van der Waals surface area (Å²) in [7, 11) is 0.769. The molecule has 1 fully saturated rings. The lowest BCUT2D eigenvalue weighted by atomic mass is 10.1. The first kappa shape index (κ1) is 38.2. The molecule has 1 aliphatic heterocycles. The lowest BCUT2D eigenvalue weighted by molar-refractivity contribution is -0.157. The Bertz CT molecular complexity index is 1970. The fourth-order valence-corrected chi connectivity index (χ4v) is 6.10. The van der Waals surface area contributed by atoms with Gasteiger partial charge < -0.3 is 14.2 Å². The number of rotatable bonds is 10. The zero-order chi connectivity index (χ0) is 37.1. The Labute approximate surface area is 291 Å². The summed E-state index contributed by atoms with van der Waals surface area (Å²) in [6.07, 6.45) is -5.01. The number of amides is 1. The van der Waals surface area contributed by atoms with Gasteiger partial charge in [0.25, 0.3) is 5.56 Å². The summed E-state index contributed by atoms with van der Waals surface area (Å²) < 4.78 is 71.6. The van der Waals surface area contributed by atoms with Gasteiger partial charge in [-0.1, -0.05) is 41.6 Å². The Kier molecular flexibility index (Phi) is 11.5. The summed E-state index contributed by atoms with van der Waals surface area (Å²) in [6.45, 7) is 5.72. The van der Waals surface area contributed by atoms with E-state index in [1.165, 1.54) is 0 Å². The molecule has 2 heterocycles. The van der Waals surface area contributed by atoms with Gasteiger partial charge in [-0.25, -0.2) is 23.5 Å². The van der Waals surface area contributed by atoms with Crippen LogP contribution >= 0.6 is 23.4 Å². The van der Waals surface area contributed by atoms with Crippen molar-refractivity contribution in [1.82, 2.24) is 14.0 Å². The SMILES string of the molecule is CCOC(=O)CN1C(=O)C(Cc2ccccc2OCC(=O)OC(C)(C)C)SC1=Nc1cc(-n2c(=O)cc(C(F)(F)F)n(C)c2=O)c(F)cc1Cl. The van der Waals surface area contributed by atoms with Crippen LogP contribution in [0.25, 0.3) is 5.69 Å². The van der Waals surface area contributed by atoms with E-state index in [9.17, 15) is 37.1 Å². The van der Waals surface area contributed by atoms with Crippen molar-refractivity contribution in [2.24, 2.45) is 12.0 Å². The fourth-order valence-electron chi connectivity index (χ4n) is 4.73. The molecule has 0 N–H and O–H groups in total. The standard InChI is InChI=1S/C32H31ClF4N4O8S/c1-6-47-26(43)15-40-28(45)23(11-17-9-7-8-10-22(17)48-16-27(44)49-31(2,3)4)50-29(40)38-20-13-21(19(34)12-18(20)33)41-25(42)14-24(32(35,36)37)39(5)30(41)46/h7-10,12-14,23H,6,11,15-16H2,1-5H3. The lowest BCUT2D eigenvalue weighted by Gasteiger charge is -2.20. The molecule has 1 unspecified atom stereocenters. The molecule has 1 atom stereocenters. The van der Waals surface area contributed by atoms with E-state index in [0.29, 0.717) is 17.4 Å². The van der Waals surface area contributed by atoms with E-state index in [0.717, 1.165) is 29.8 Å². The number of carbonyl (C=O) groups is 3.